The van der Waals surface area contributed by atoms with Gasteiger partial charge in [-0.2, -0.15) is 0 Å². The smallest absolute Gasteiger partial charge is 0.125 e. The maximum atomic E-state index is 13.0. The van der Waals surface area contributed by atoms with E-state index in [0.717, 1.165) is 18.4 Å². The normalized spacial score (nSPS) is 12.5. The molecule has 0 saturated heterocycles. The number of benzene rings is 1. The Hall–Kier alpha value is -0.860. The van der Waals surface area contributed by atoms with E-state index in [9.17, 15) is 4.39 Å². The topological polar surface area (TPSA) is 26.0 Å². The van der Waals surface area contributed by atoms with Crippen LogP contribution in [0.3, 0.4) is 0 Å². The second kappa shape index (κ2) is 5.13. The standard InChI is InChI=1S/C11H13ClFN/c1-2-3-4-11(14)8-5-9(12)7-10(13)6-8/h2,5-7,11H,1,3-4,14H2/t11-/m0/s1. The Bertz CT molecular complexity index is 305. The van der Waals surface area contributed by atoms with Gasteiger partial charge in [-0.05, 0) is 36.6 Å². The molecule has 0 aliphatic rings. The summed E-state index contributed by atoms with van der Waals surface area (Å²) in [5, 5.41) is 0.383. The average Bonchev–Trinajstić information content (AvgIpc) is 2.12. The predicted molar refractivity (Wildman–Crippen MR) is 57.8 cm³/mol. The summed E-state index contributed by atoms with van der Waals surface area (Å²) in [6.45, 7) is 3.61. The molecule has 0 bridgehead atoms. The van der Waals surface area contributed by atoms with E-state index in [2.05, 4.69) is 6.58 Å². The molecule has 0 aliphatic heterocycles. The first kappa shape index (κ1) is 11.2. The highest BCUT2D eigenvalue weighted by Gasteiger charge is 2.07. The minimum absolute atomic E-state index is 0.179. The molecule has 0 aliphatic carbocycles. The van der Waals surface area contributed by atoms with Gasteiger partial charge in [-0.15, -0.1) is 6.58 Å². The van der Waals surface area contributed by atoms with Crippen molar-refractivity contribution in [2.24, 2.45) is 5.73 Å². The summed E-state index contributed by atoms with van der Waals surface area (Å²) in [5.74, 6) is -0.346. The van der Waals surface area contributed by atoms with Gasteiger partial charge < -0.3 is 5.73 Å². The SMILES string of the molecule is C=CCC[C@H](N)c1cc(F)cc(Cl)c1. The van der Waals surface area contributed by atoms with Gasteiger partial charge in [0.25, 0.3) is 0 Å². The molecule has 0 unspecified atom stereocenters. The van der Waals surface area contributed by atoms with Crippen molar-refractivity contribution in [3.63, 3.8) is 0 Å². The molecule has 1 atom stereocenters. The highest BCUT2D eigenvalue weighted by Crippen LogP contribution is 2.21. The minimum Gasteiger partial charge on any atom is -0.324 e. The van der Waals surface area contributed by atoms with E-state index in [0.29, 0.717) is 5.02 Å². The van der Waals surface area contributed by atoms with Crippen LogP contribution >= 0.6 is 11.6 Å². The summed E-state index contributed by atoms with van der Waals surface area (Å²) in [7, 11) is 0. The van der Waals surface area contributed by atoms with Crippen molar-refractivity contribution in [2.45, 2.75) is 18.9 Å². The molecule has 0 heterocycles. The van der Waals surface area contributed by atoms with Crippen LogP contribution in [0, 0.1) is 5.82 Å². The summed E-state index contributed by atoms with van der Waals surface area (Å²) < 4.78 is 13.0. The zero-order valence-corrected chi connectivity index (χ0v) is 8.60. The lowest BCUT2D eigenvalue weighted by Gasteiger charge is -2.11. The second-order valence-electron chi connectivity index (χ2n) is 3.18. The fourth-order valence-corrected chi connectivity index (χ4v) is 1.48. The van der Waals surface area contributed by atoms with Crippen LogP contribution in [0.15, 0.2) is 30.9 Å². The third-order valence-corrected chi connectivity index (χ3v) is 2.21. The van der Waals surface area contributed by atoms with E-state index in [1.54, 1.807) is 12.1 Å². The van der Waals surface area contributed by atoms with Gasteiger partial charge in [-0.25, -0.2) is 4.39 Å². The fourth-order valence-electron chi connectivity index (χ4n) is 1.25. The van der Waals surface area contributed by atoms with Gasteiger partial charge in [0.05, 0.1) is 0 Å². The number of hydrogen-bond donors (Lipinski definition) is 1. The third-order valence-electron chi connectivity index (χ3n) is 1.99. The predicted octanol–water partition coefficient (Wildman–Crippen LogP) is 3.45. The quantitative estimate of drug-likeness (QED) is 0.762. The molecule has 1 rings (SSSR count). The Morgan fingerprint density at radius 3 is 2.79 bits per heavy atom. The van der Waals surface area contributed by atoms with Crippen molar-refractivity contribution < 1.29 is 4.39 Å². The van der Waals surface area contributed by atoms with E-state index >= 15 is 0 Å². The van der Waals surface area contributed by atoms with Crippen LogP contribution in [0.2, 0.25) is 5.02 Å². The van der Waals surface area contributed by atoms with Gasteiger partial charge in [0.2, 0.25) is 0 Å². The molecular formula is C11H13ClFN. The van der Waals surface area contributed by atoms with Crippen molar-refractivity contribution >= 4 is 11.6 Å². The molecule has 76 valence electrons. The molecule has 1 aromatic rings. The lowest BCUT2D eigenvalue weighted by atomic mass is 10.0. The van der Waals surface area contributed by atoms with Gasteiger partial charge in [0.1, 0.15) is 5.82 Å². The van der Waals surface area contributed by atoms with Gasteiger partial charge in [-0.3, -0.25) is 0 Å². The van der Waals surface area contributed by atoms with Gasteiger partial charge in [-0.1, -0.05) is 17.7 Å². The zero-order valence-electron chi connectivity index (χ0n) is 7.84. The van der Waals surface area contributed by atoms with E-state index < -0.39 is 0 Å². The number of nitrogens with two attached hydrogens (primary N) is 1. The van der Waals surface area contributed by atoms with Crippen LogP contribution in [-0.2, 0) is 0 Å². The van der Waals surface area contributed by atoms with Crippen molar-refractivity contribution in [1.29, 1.82) is 0 Å². The van der Waals surface area contributed by atoms with Crippen LogP contribution in [0.1, 0.15) is 24.4 Å². The van der Waals surface area contributed by atoms with E-state index in [4.69, 9.17) is 17.3 Å². The zero-order chi connectivity index (χ0) is 10.6. The summed E-state index contributed by atoms with van der Waals surface area (Å²) in [6.07, 6.45) is 3.36. The molecule has 2 N–H and O–H groups in total. The molecule has 14 heavy (non-hydrogen) atoms. The number of hydrogen-bond acceptors (Lipinski definition) is 1. The molecule has 0 radical (unpaired) electrons. The third kappa shape index (κ3) is 3.13. The fraction of sp³-hybridized carbons (Fsp3) is 0.273. The second-order valence-corrected chi connectivity index (χ2v) is 3.61. The lowest BCUT2D eigenvalue weighted by molar-refractivity contribution is 0.611. The van der Waals surface area contributed by atoms with Crippen molar-refractivity contribution in [1.82, 2.24) is 0 Å². The molecule has 0 amide bonds. The van der Waals surface area contributed by atoms with Crippen molar-refractivity contribution in [3.8, 4) is 0 Å². The minimum atomic E-state index is -0.346. The van der Waals surface area contributed by atoms with Crippen LogP contribution in [0.4, 0.5) is 4.39 Å². The highest BCUT2D eigenvalue weighted by molar-refractivity contribution is 6.30. The monoisotopic (exact) mass is 213 g/mol. The first-order valence-electron chi connectivity index (χ1n) is 4.46. The molecular weight excluding hydrogens is 201 g/mol. The Kier molecular flexibility index (Phi) is 4.11. The van der Waals surface area contributed by atoms with Crippen LogP contribution in [-0.4, -0.2) is 0 Å². The first-order valence-corrected chi connectivity index (χ1v) is 4.83. The summed E-state index contributed by atoms with van der Waals surface area (Å²) in [5.41, 5.74) is 6.58. The maximum Gasteiger partial charge on any atom is 0.125 e. The van der Waals surface area contributed by atoms with Gasteiger partial charge in [0.15, 0.2) is 0 Å². The van der Waals surface area contributed by atoms with Crippen molar-refractivity contribution in [3.05, 3.63) is 47.3 Å². The largest absolute Gasteiger partial charge is 0.324 e. The van der Waals surface area contributed by atoms with Crippen LogP contribution in [0.25, 0.3) is 0 Å². The Labute approximate surface area is 88.4 Å². The number of halogens is 2. The van der Waals surface area contributed by atoms with Gasteiger partial charge >= 0.3 is 0 Å². The molecule has 0 spiro atoms. The molecule has 1 aromatic carbocycles. The van der Waals surface area contributed by atoms with E-state index in [-0.39, 0.29) is 11.9 Å². The lowest BCUT2D eigenvalue weighted by Crippen LogP contribution is -2.10. The first-order chi connectivity index (χ1) is 6.63. The molecule has 3 heteroatoms. The van der Waals surface area contributed by atoms with Gasteiger partial charge in [0, 0.05) is 11.1 Å². The highest BCUT2D eigenvalue weighted by atomic mass is 35.5. The molecule has 0 fully saturated rings. The Balaban J connectivity index is 2.78. The van der Waals surface area contributed by atoms with E-state index in [1.807, 2.05) is 0 Å². The summed E-state index contributed by atoms with van der Waals surface area (Å²) >= 11 is 5.71. The molecule has 1 nitrogen and oxygen atoms in total. The Morgan fingerprint density at radius 1 is 1.50 bits per heavy atom. The maximum absolute atomic E-state index is 13.0. The summed E-state index contributed by atoms with van der Waals surface area (Å²) in [6, 6.07) is 4.20. The molecule has 0 saturated carbocycles. The summed E-state index contributed by atoms with van der Waals surface area (Å²) in [4.78, 5) is 0. The van der Waals surface area contributed by atoms with Crippen LogP contribution in [0.5, 0.6) is 0 Å². The number of rotatable bonds is 4. The van der Waals surface area contributed by atoms with E-state index in [1.165, 1.54) is 12.1 Å². The molecule has 0 aromatic heterocycles. The average molecular weight is 214 g/mol. The Morgan fingerprint density at radius 2 is 2.21 bits per heavy atom. The number of allylic oxidation sites excluding steroid dienone is 1. The van der Waals surface area contributed by atoms with Crippen molar-refractivity contribution in [2.75, 3.05) is 0 Å². The van der Waals surface area contributed by atoms with Crippen LogP contribution < -0.4 is 5.73 Å².